The van der Waals surface area contributed by atoms with Crippen LogP contribution in [0.2, 0.25) is 0 Å². The van der Waals surface area contributed by atoms with Gasteiger partial charge in [-0.25, -0.2) is 8.78 Å². The number of halogens is 2. The Morgan fingerprint density at radius 1 is 0.917 bits per heavy atom. The molecule has 2 aromatic carbocycles. The van der Waals surface area contributed by atoms with Crippen LogP contribution in [-0.2, 0) is 9.59 Å². The smallest absolute Gasteiger partial charge is 0.255 e. The number of benzene rings is 2. The maximum Gasteiger partial charge on any atom is 0.255 e. The lowest BCUT2D eigenvalue weighted by Crippen LogP contribution is -2.28. The average molecular weight is 330 g/mol. The van der Waals surface area contributed by atoms with Crippen molar-refractivity contribution in [2.24, 2.45) is 0 Å². The first-order valence-corrected chi connectivity index (χ1v) is 7.17. The minimum absolute atomic E-state index is 0.00789. The second kappa shape index (κ2) is 6.19. The van der Waals surface area contributed by atoms with E-state index in [-0.39, 0.29) is 35.9 Å². The van der Waals surface area contributed by atoms with E-state index < -0.39 is 17.5 Å². The summed E-state index contributed by atoms with van der Waals surface area (Å²) in [6.45, 7) is 0. The number of anilines is 2. The molecule has 3 rings (SSSR count). The van der Waals surface area contributed by atoms with Crippen LogP contribution in [0.5, 0.6) is 0 Å². The Balaban J connectivity index is 1.76. The highest BCUT2D eigenvalue weighted by molar-refractivity contribution is 6.20. The summed E-state index contributed by atoms with van der Waals surface area (Å²) in [4.78, 5) is 36.5. The molecule has 7 heteroatoms. The molecule has 0 aliphatic carbocycles. The molecule has 1 N–H and O–H groups in total. The number of rotatable bonds is 3. The van der Waals surface area contributed by atoms with Crippen LogP contribution in [0.1, 0.15) is 23.2 Å². The number of nitrogens with one attached hydrogen (secondary N) is 1. The maximum absolute atomic E-state index is 13.1. The number of hydrogen-bond donors (Lipinski definition) is 1. The van der Waals surface area contributed by atoms with Gasteiger partial charge in [0.25, 0.3) is 5.91 Å². The second-order valence-electron chi connectivity index (χ2n) is 5.28. The SMILES string of the molecule is O=C(Nc1cc(F)cc(F)c1)c1ccc(N2C(=O)CCC2=O)cc1. The monoisotopic (exact) mass is 330 g/mol. The predicted molar refractivity (Wildman–Crippen MR) is 82.5 cm³/mol. The van der Waals surface area contributed by atoms with E-state index in [9.17, 15) is 23.2 Å². The van der Waals surface area contributed by atoms with E-state index in [0.29, 0.717) is 11.8 Å². The third-order valence-electron chi connectivity index (χ3n) is 3.56. The van der Waals surface area contributed by atoms with E-state index in [2.05, 4.69) is 5.32 Å². The van der Waals surface area contributed by atoms with Crippen molar-refractivity contribution in [3.63, 3.8) is 0 Å². The van der Waals surface area contributed by atoms with E-state index in [1.54, 1.807) is 0 Å². The van der Waals surface area contributed by atoms with Gasteiger partial charge >= 0.3 is 0 Å². The number of amides is 3. The zero-order valence-electron chi connectivity index (χ0n) is 12.4. The summed E-state index contributed by atoms with van der Waals surface area (Å²) in [7, 11) is 0. The molecule has 122 valence electrons. The standard InChI is InChI=1S/C17H12F2N2O3/c18-11-7-12(19)9-13(8-11)20-17(24)10-1-3-14(4-2-10)21-15(22)5-6-16(21)23/h1-4,7-9H,5-6H2,(H,20,24). The third-order valence-corrected chi connectivity index (χ3v) is 3.56. The fourth-order valence-electron chi connectivity index (χ4n) is 2.46. The summed E-state index contributed by atoms with van der Waals surface area (Å²) in [6, 6.07) is 8.51. The molecule has 0 radical (unpaired) electrons. The molecule has 1 saturated heterocycles. The van der Waals surface area contributed by atoms with Crippen molar-refractivity contribution in [2.45, 2.75) is 12.8 Å². The van der Waals surface area contributed by atoms with Crippen LogP contribution in [0.25, 0.3) is 0 Å². The number of imide groups is 1. The van der Waals surface area contributed by atoms with Gasteiger partial charge in [-0.3, -0.25) is 19.3 Å². The van der Waals surface area contributed by atoms with Gasteiger partial charge < -0.3 is 5.32 Å². The number of nitrogens with zero attached hydrogens (tertiary/aromatic N) is 1. The van der Waals surface area contributed by atoms with Crippen molar-refractivity contribution < 1.29 is 23.2 Å². The Bertz CT molecular complexity index is 798. The fraction of sp³-hybridized carbons (Fsp3) is 0.118. The molecule has 3 amide bonds. The Kier molecular flexibility index (Phi) is 4.07. The summed E-state index contributed by atoms with van der Waals surface area (Å²) >= 11 is 0. The van der Waals surface area contributed by atoms with Crippen molar-refractivity contribution >= 4 is 29.1 Å². The van der Waals surface area contributed by atoms with Gasteiger partial charge in [0.15, 0.2) is 0 Å². The minimum atomic E-state index is -0.799. The van der Waals surface area contributed by atoms with Gasteiger partial charge in [-0.2, -0.15) is 0 Å². The lowest BCUT2D eigenvalue weighted by Gasteiger charge is -2.14. The highest BCUT2D eigenvalue weighted by atomic mass is 19.1. The van der Waals surface area contributed by atoms with Crippen molar-refractivity contribution in [2.75, 3.05) is 10.2 Å². The summed E-state index contributed by atoms with van der Waals surface area (Å²) in [6.07, 6.45) is 0.346. The Morgan fingerprint density at radius 3 is 2.00 bits per heavy atom. The quantitative estimate of drug-likeness (QED) is 0.880. The van der Waals surface area contributed by atoms with Crippen LogP contribution in [-0.4, -0.2) is 17.7 Å². The normalized spacial score (nSPS) is 14.2. The Labute approximate surface area is 135 Å². The van der Waals surface area contributed by atoms with Crippen LogP contribution < -0.4 is 10.2 Å². The topological polar surface area (TPSA) is 66.5 Å². The first kappa shape index (κ1) is 15.8. The fourth-order valence-corrected chi connectivity index (χ4v) is 2.46. The van der Waals surface area contributed by atoms with E-state index in [1.807, 2.05) is 0 Å². The highest BCUT2D eigenvalue weighted by Gasteiger charge is 2.30. The zero-order valence-corrected chi connectivity index (χ0v) is 12.4. The third kappa shape index (κ3) is 3.15. The molecule has 1 aliphatic rings. The van der Waals surface area contributed by atoms with E-state index >= 15 is 0 Å². The summed E-state index contributed by atoms with van der Waals surface area (Å²) < 4.78 is 26.2. The van der Waals surface area contributed by atoms with E-state index in [0.717, 1.165) is 17.0 Å². The summed E-state index contributed by atoms with van der Waals surface area (Å²) in [5.41, 5.74) is 0.602. The molecule has 2 aromatic rings. The van der Waals surface area contributed by atoms with Crippen molar-refractivity contribution in [3.05, 3.63) is 59.7 Å². The first-order chi connectivity index (χ1) is 11.4. The Morgan fingerprint density at radius 2 is 1.46 bits per heavy atom. The van der Waals surface area contributed by atoms with Crippen LogP contribution in [0.4, 0.5) is 20.2 Å². The molecule has 0 bridgehead atoms. The van der Waals surface area contributed by atoms with Gasteiger partial charge in [-0.1, -0.05) is 0 Å². The molecule has 1 heterocycles. The zero-order chi connectivity index (χ0) is 17.3. The van der Waals surface area contributed by atoms with Gasteiger partial charge in [0, 0.05) is 30.2 Å². The summed E-state index contributed by atoms with van der Waals surface area (Å²) in [5.74, 6) is -2.73. The van der Waals surface area contributed by atoms with Gasteiger partial charge in [0.1, 0.15) is 11.6 Å². The molecule has 0 unspecified atom stereocenters. The van der Waals surface area contributed by atoms with Crippen LogP contribution >= 0.6 is 0 Å². The maximum atomic E-state index is 13.1. The lowest BCUT2D eigenvalue weighted by atomic mass is 10.1. The number of carbonyl (C=O) groups excluding carboxylic acids is 3. The summed E-state index contributed by atoms with van der Waals surface area (Å²) in [5, 5.41) is 2.38. The van der Waals surface area contributed by atoms with E-state index in [4.69, 9.17) is 0 Å². The largest absolute Gasteiger partial charge is 0.322 e. The van der Waals surface area contributed by atoms with E-state index in [1.165, 1.54) is 24.3 Å². The van der Waals surface area contributed by atoms with Crippen LogP contribution in [0, 0.1) is 11.6 Å². The number of hydrogen-bond acceptors (Lipinski definition) is 3. The molecule has 0 atom stereocenters. The molecule has 24 heavy (non-hydrogen) atoms. The van der Waals surface area contributed by atoms with Crippen molar-refractivity contribution in [1.29, 1.82) is 0 Å². The average Bonchev–Trinajstić information content (AvgIpc) is 2.85. The van der Waals surface area contributed by atoms with Crippen molar-refractivity contribution in [3.8, 4) is 0 Å². The molecule has 0 aromatic heterocycles. The molecule has 1 fully saturated rings. The number of carbonyl (C=O) groups is 3. The molecule has 0 saturated carbocycles. The van der Waals surface area contributed by atoms with Gasteiger partial charge in [0.2, 0.25) is 11.8 Å². The molecular formula is C17H12F2N2O3. The van der Waals surface area contributed by atoms with Gasteiger partial charge in [0.05, 0.1) is 5.69 Å². The van der Waals surface area contributed by atoms with Crippen LogP contribution in [0.3, 0.4) is 0 Å². The highest BCUT2D eigenvalue weighted by Crippen LogP contribution is 2.23. The van der Waals surface area contributed by atoms with Gasteiger partial charge in [-0.05, 0) is 36.4 Å². The molecule has 1 aliphatic heterocycles. The van der Waals surface area contributed by atoms with Crippen LogP contribution in [0.15, 0.2) is 42.5 Å². The Hall–Kier alpha value is -3.09. The predicted octanol–water partition coefficient (Wildman–Crippen LogP) is 2.87. The minimum Gasteiger partial charge on any atom is -0.322 e. The molecule has 0 spiro atoms. The molecule has 5 nitrogen and oxygen atoms in total. The van der Waals surface area contributed by atoms with Crippen molar-refractivity contribution in [1.82, 2.24) is 0 Å². The lowest BCUT2D eigenvalue weighted by molar-refractivity contribution is -0.121. The second-order valence-corrected chi connectivity index (χ2v) is 5.28. The molecular weight excluding hydrogens is 318 g/mol. The van der Waals surface area contributed by atoms with Gasteiger partial charge in [-0.15, -0.1) is 0 Å². The first-order valence-electron chi connectivity index (χ1n) is 7.17.